The van der Waals surface area contributed by atoms with Crippen LogP contribution in [-0.4, -0.2) is 50.3 Å². The summed E-state index contributed by atoms with van der Waals surface area (Å²) in [5, 5.41) is 13.8. The van der Waals surface area contributed by atoms with Gasteiger partial charge in [-0.05, 0) is 35.7 Å². The molecule has 3 rings (SSSR count). The van der Waals surface area contributed by atoms with E-state index in [-0.39, 0.29) is 18.6 Å². The molecule has 6 nitrogen and oxygen atoms in total. The predicted octanol–water partition coefficient (Wildman–Crippen LogP) is 2.19. The number of ether oxygens (including phenoxy) is 2. The fourth-order valence-corrected chi connectivity index (χ4v) is 3.68. The summed E-state index contributed by atoms with van der Waals surface area (Å²) in [4.78, 5) is 15.7. The summed E-state index contributed by atoms with van der Waals surface area (Å²) in [6.07, 6.45) is 0. The van der Waals surface area contributed by atoms with Gasteiger partial charge in [0.1, 0.15) is 5.75 Å². The van der Waals surface area contributed by atoms with Gasteiger partial charge in [0.2, 0.25) is 0 Å². The molecule has 1 aliphatic rings. The van der Waals surface area contributed by atoms with Crippen molar-refractivity contribution in [1.29, 1.82) is 5.26 Å². The van der Waals surface area contributed by atoms with E-state index in [0.717, 1.165) is 26.3 Å². The number of carbonyl (C=O) groups excluding carboxylic acids is 1. The molecule has 26 heavy (non-hydrogen) atoms. The Bertz CT molecular complexity index is 734. The van der Waals surface area contributed by atoms with Crippen molar-refractivity contribution >= 4 is 17.2 Å². The first-order valence-corrected chi connectivity index (χ1v) is 9.39. The Balaban J connectivity index is 1.51. The Morgan fingerprint density at radius 1 is 1.31 bits per heavy atom. The molecule has 2 heterocycles. The van der Waals surface area contributed by atoms with E-state index in [9.17, 15) is 4.79 Å². The van der Waals surface area contributed by atoms with Crippen molar-refractivity contribution in [2.24, 2.45) is 0 Å². The quantitative estimate of drug-likeness (QED) is 0.808. The van der Waals surface area contributed by atoms with Crippen LogP contribution in [0.3, 0.4) is 0 Å². The number of nitrogens with one attached hydrogen (secondary N) is 1. The summed E-state index contributed by atoms with van der Waals surface area (Å²) in [7, 11) is 0. The van der Waals surface area contributed by atoms with Crippen molar-refractivity contribution < 1.29 is 14.3 Å². The smallest absolute Gasteiger partial charge is 0.258 e. The van der Waals surface area contributed by atoms with Crippen LogP contribution in [0.4, 0.5) is 0 Å². The predicted molar refractivity (Wildman–Crippen MR) is 99.1 cm³/mol. The van der Waals surface area contributed by atoms with Gasteiger partial charge in [0, 0.05) is 24.5 Å². The molecule has 0 radical (unpaired) electrons. The highest BCUT2D eigenvalue weighted by Crippen LogP contribution is 2.25. The van der Waals surface area contributed by atoms with E-state index in [0.29, 0.717) is 17.9 Å². The summed E-state index contributed by atoms with van der Waals surface area (Å²) in [5.41, 5.74) is 0.561. The zero-order chi connectivity index (χ0) is 18.2. The third-order valence-electron chi connectivity index (χ3n) is 4.20. The molecule has 1 fully saturated rings. The summed E-state index contributed by atoms with van der Waals surface area (Å²) >= 11 is 1.70. The minimum Gasteiger partial charge on any atom is -0.484 e. The van der Waals surface area contributed by atoms with E-state index in [4.69, 9.17) is 14.7 Å². The summed E-state index contributed by atoms with van der Waals surface area (Å²) in [6.45, 7) is 3.65. The number of hydrogen-bond acceptors (Lipinski definition) is 6. The molecular weight excluding hydrogens is 350 g/mol. The topological polar surface area (TPSA) is 74.6 Å². The number of nitrogens with zero attached hydrogens (tertiary/aromatic N) is 2. The lowest BCUT2D eigenvalue weighted by Crippen LogP contribution is -2.44. The molecule has 7 heteroatoms. The second-order valence-electron chi connectivity index (χ2n) is 5.91. The van der Waals surface area contributed by atoms with Gasteiger partial charge in [0.25, 0.3) is 5.91 Å². The fourth-order valence-electron chi connectivity index (χ4n) is 2.82. The van der Waals surface area contributed by atoms with Crippen LogP contribution in [0.2, 0.25) is 0 Å². The van der Waals surface area contributed by atoms with E-state index in [2.05, 4.69) is 21.7 Å². The summed E-state index contributed by atoms with van der Waals surface area (Å²) < 4.78 is 10.9. The molecule has 0 spiro atoms. The van der Waals surface area contributed by atoms with E-state index >= 15 is 0 Å². The largest absolute Gasteiger partial charge is 0.484 e. The molecule has 0 aliphatic carbocycles. The number of nitriles is 1. The average Bonchev–Trinajstić information content (AvgIpc) is 3.22. The highest BCUT2D eigenvalue weighted by atomic mass is 32.1. The molecule has 1 amide bonds. The lowest BCUT2D eigenvalue weighted by molar-refractivity contribution is -0.123. The minimum atomic E-state index is -0.163. The number of hydrogen-bond donors (Lipinski definition) is 1. The number of morpholine rings is 1. The van der Waals surface area contributed by atoms with Gasteiger partial charge in [0.15, 0.2) is 6.61 Å². The fraction of sp³-hybridized carbons (Fsp3) is 0.368. The van der Waals surface area contributed by atoms with Gasteiger partial charge in [-0.2, -0.15) is 5.26 Å². The third kappa shape index (κ3) is 5.05. The van der Waals surface area contributed by atoms with Gasteiger partial charge in [-0.25, -0.2) is 0 Å². The first kappa shape index (κ1) is 18.4. The minimum absolute atomic E-state index is 0.0494. The molecule has 0 saturated carbocycles. The second kappa shape index (κ2) is 9.34. The maximum absolute atomic E-state index is 12.2. The van der Waals surface area contributed by atoms with Crippen LogP contribution in [0.25, 0.3) is 0 Å². The lowest BCUT2D eigenvalue weighted by Gasteiger charge is -2.34. The highest BCUT2D eigenvalue weighted by Gasteiger charge is 2.23. The van der Waals surface area contributed by atoms with Crippen LogP contribution in [-0.2, 0) is 9.53 Å². The Labute approximate surface area is 156 Å². The number of carbonyl (C=O) groups is 1. The van der Waals surface area contributed by atoms with Gasteiger partial charge >= 0.3 is 0 Å². The van der Waals surface area contributed by atoms with E-state index in [1.54, 1.807) is 35.6 Å². The molecule has 1 atom stereocenters. The van der Waals surface area contributed by atoms with Gasteiger partial charge in [-0.15, -0.1) is 11.3 Å². The molecule has 136 valence electrons. The number of amides is 1. The zero-order valence-corrected chi connectivity index (χ0v) is 15.2. The van der Waals surface area contributed by atoms with Crippen molar-refractivity contribution in [3.63, 3.8) is 0 Å². The van der Waals surface area contributed by atoms with Crippen LogP contribution in [0.5, 0.6) is 5.75 Å². The standard InChI is InChI=1S/C19H21N3O3S/c20-12-15-3-5-16(6-4-15)25-14-19(23)21-13-17(18-2-1-11-26-18)22-7-9-24-10-8-22/h1-6,11,17H,7-10,13-14H2,(H,21,23)/t17-/m0/s1. The third-order valence-corrected chi connectivity index (χ3v) is 5.18. The Morgan fingerprint density at radius 2 is 2.08 bits per heavy atom. The van der Waals surface area contributed by atoms with Crippen molar-refractivity contribution in [3.8, 4) is 11.8 Å². The first-order valence-electron chi connectivity index (χ1n) is 8.51. The number of thiophene rings is 1. The highest BCUT2D eigenvalue weighted by molar-refractivity contribution is 7.10. The SMILES string of the molecule is N#Cc1ccc(OCC(=O)NC[C@@H](c2cccs2)N2CCOCC2)cc1. The number of benzene rings is 1. The molecule has 1 N–H and O–H groups in total. The Morgan fingerprint density at radius 3 is 2.73 bits per heavy atom. The Kier molecular flexibility index (Phi) is 6.61. The molecule has 0 unspecified atom stereocenters. The maximum Gasteiger partial charge on any atom is 0.258 e. The van der Waals surface area contributed by atoms with Crippen LogP contribution >= 0.6 is 11.3 Å². The number of rotatable bonds is 7. The summed E-state index contributed by atoms with van der Waals surface area (Å²) in [5.74, 6) is 0.409. The van der Waals surface area contributed by atoms with Crippen molar-refractivity contribution in [2.75, 3.05) is 39.5 Å². The molecular formula is C19H21N3O3S. The molecule has 1 aromatic carbocycles. The van der Waals surface area contributed by atoms with Gasteiger partial charge in [-0.3, -0.25) is 9.69 Å². The summed E-state index contributed by atoms with van der Waals surface area (Å²) in [6, 6.07) is 13.0. The Hall–Kier alpha value is -2.40. The molecule has 0 bridgehead atoms. The normalized spacial score (nSPS) is 15.8. The van der Waals surface area contributed by atoms with Crippen molar-refractivity contribution in [1.82, 2.24) is 10.2 Å². The average molecular weight is 371 g/mol. The molecule has 1 aromatic heterocycles. The monoisotopic (exact) mass is 371 g/mol. The zero-order valence-electron chi connectivity index (χ0n) is 14.4. The van der Waals surface area contributed by atoms with Crippen LogP contribution < -0.4 is 10.1 Å². The van der Waals surface area contributed by atoms with E-state index < -0.39 is 0 Å². The van der Waals surface area contributed by atoms with E-state index in [1.165, 1.54) is 4.88 Å². The maximum atomic E-state index is 12.2. The van der Waals surface area contributed by atoms with Gasteiger partial charge in [-0.1, -0.05) is 6.07 Å². The van der Waals surface area contributed by atoms with Crippen molar-refractivity contribution in [3.05, 3.63) is 52.2 Å². The van der Waals surface area contributed by atoms with Gasteiger partial charge in [0.05, 0.1) is 30.9 Å². The second-order valence-corrected chi connectivity index (χ2v) is 6.89. The molecule has 2 aromatic rings. The van der Waals surface area contributed by atoms with Crippen LogP contribution in [0.15, 0.2) is 41.8 Å². The lowest BCUT2D eigenvalue weighted by atomic mass is 10.2. The van der Waals surface area contributed by atoms with Crippen molar-refractivity contribution in [2.45, 2.75) is 6.04 Å². The van der Waals surface area contributed by atoms with Crippen LogP contribution in [0, 0.1) is 11.3 Å². The molecule has 1 saturated heterocycles. The van der Waals surface area contributed by atoms with Gasteiger partial charge < -0.3 is 14.8 Å². The van der Waals surface area contributed by atoms with Crippen LogP contribution in [0.1, 0.15) is 16.5 Å². The first-order chi connectivity index (χ1) is 12.8. The van der Waals surface area contributed by atoms with E-state index in [1.807, 2.05) is 12.1 Å². The molecule has 1 aliphatic heterocycles.